The monoisotopic (exact) mass is 237 g/mol. The number of nitrogens with zero attached hydrogens (tertiary/aromatic N) is 1. The Kier molecular flexibility index (Phi) is 3.17. The molecule has 17 heavy (non-hydrogen) atoms. The van der Waals surface area contributed by atoms with Gasteiger partial charge in [-0.15, -0.1) is 0 Å². The molecule has 0 aromatic carbocycles. The van der Waals surface area contributed by atoms with Crippen LogP contribution in [-0.4, -0.2) is 43.4 Å². The van der Waals surface area contributed by atoms with Crippen molar-refractivity contribution in [1.29, 1.82) is 0 Å². The minimum Gasteiger partial charge on any atom is -0.400 e. The first-order valence-electron chi connectivity index (χ1n) is 6.46. The first-order chi connectivity index (χ1) is 7.73. The highest BCUT2D eigenvalue weighted by Crippen LogP contribution is 2.40. The van der Waals surface area contributed by atoms with E-state index in [-0.39, 0.29) is 18.3 Å². The second-order valence-electron chi connectivity index (χ2n) is 6.38. The summed E-state index contributed by atoms with van der Waals surface area (Å²) in [5.74, 6) is 0. The largest absolute Gasteiger partial charge is 0.490 e. The SMILES string of the molecule is CC1=C(B2OC(C)(C)C(C)(C)O2)CCN(C)C1. The smallest absolute Gasteiger partial charge is 0.400 e. The minimum absolute atomic E-state index is 0.145. The first kappa shape index (κ1) is 13.1. The van der Waals surface area contributed by atoms with Crippen LogP contribution in [0.3, 0.4) is 0 Å². The molecule has 0 aliphatic carbocycles. The Labute approximate surface area is 105 Å². The number of rotatable bonds is 1. The molecule has 3 nitrogen and oxygen atoms in total. The van der Waals surface area contributed by atoms with Gasteiger partial charge in [-0.3, -0.25) is 0 Å². The van der Waals surface area contributed by atoms with Gasteiger partial charge < -0.3 is 14.2 Å². The molecule has 2 rings (SSSR count). The van der Waals surface area contributed by atoms with E-state index in [0.717, 1.165) is 19.5 Å². The van der Waals surface area contributed by atoms with Crippen molar-refractivity contribution in [2.75, 3.05) is 20.1 Å². The molecule has 0 saturated carbocycles. The maximum atomic E-state index is 6.11. The number of likely N-dealkylation sites (N-methyl/N-ethyl adjacent to an activating group) is 1. The fourth-order valence-corrected chi connectivity index (χ4v) is 2.41. The van der Waals surface area contributed by atoms with E-state index in [0.29, 0.717) is 0 Å². The summed E-state index contributed by atoms with van der Waals surface area (Å²) in [6.45, 7) is 12.7. The Bertz CT molecular complexity index is 333. The molecule has 1 saturated heterocycles. The van der Waals surface area contributed by atoms with Crippen LogP contribution < -0.4 is 0 Å². The van der Waals surface area contributed by atoms with Crippen molar-refractivity contribution in [2.24, 2.45) is 0 Å². The van der Waals surface area contributed by atoms with Crippen LogP contribution in [0.4, 0.5) is 0 Å². The number of hydrogen-bond acceptors (Lipinski definition) is 3. The van der Waals surface area contributed by atoms with Crippen molar-refractivity contribution in [3.63, 3.8) is 0 Å². The zero-order valence-corrected chi connectivity index (χ0v) is 12.0. The normalized spacial score (nSPS) is 28.9. The second-order valence-corrected chi connectivity index (χ2v) is 6.38. The quantitative estimate of drug-likeness (QED) is 0.653. The summed E-state index contributed by atoms with van der Waals surface area (Å²) in [5, 5.41) is 0. The van der Waals surface area contributed by atoms with Crippen molar-refractivity contribution in [3.8, 4) is 0 Å². The summed E-state index contributed by atoms with van der Waals surface area (Å²) in [6, 6.07) is 0. The van der Waals surface area contributed by atoms with Crippen LogP contribution in [0.25, 0.3) is 0 Å². The standard InChI is InChI=1S/C13H24BNO2/c1-10-9-15(6)8-7-11(10)14-16-12(2,3)13(4,5)17-14/h7-9H2,1-6H3. The Morgan fingerprint density at radius 2 is 1.65 bits per heavy atom. The summed E-state index contributed by atoms with van der Waals surface area (Å²) in [7, 11) is 2.01. The molecule has 96 valence electrons. The summed E-state index contributed by atoms with van der Waals surface area (Å²) in [6.07, 6.45) is 1.05. The Morgan fingerprint density at radius 1 is 1.12 bits per heavy atom. The van der Waals surface area contributed by atoms with E-state index in [1.54, 1.807) is 0 Å². The van der Waals surface area contributed by atoms with Gasteiger partial charge in [0.15, 0.2) is 0 Å². The maximum Gasteiger partial charge on any atom is 0.490 e. The predicted molar refractivity (Wildman–Crippen MR) is 70.9 cm³/mol. The molecule has 0 unspecified atom stereocenters. The van der Waals surface area contributed by atoms with Crippen LogP contribution in [0.1, 0.15) is 41.0 Å². The molecular formula is C13H24BNO2. The molecule has 0 atom stereocenters. The van der Waals surface area contributed by atoms with Crippen LogP contribution in [0.5, 0.6) is 0 Å². The van der Waals surface area contributed by atoms with Crippen molar-refractivity contribution < 1.29 is 9.31 Å². The van der Waals surface area contributed by atoms with E-state index in [9.17, 15) is 0 Å². The fraction of sp³-hybridized carbons (Fsp3) is 0.846. The topological polar surface area (TPSA) is 21.7 Å². The molecule has 2 aliphatic rings. The summed E-state index contributed by atoms with van der Waals surface area (Å²) in [5.41, 5.74) is 2.29. The van der Waals surface area contributed by atoms with Gasteiger partial charge in [-0.05, 0) is 53.6 Å². The van der Waals surface area contributed by atoms with Crippen molar-refractivity contribution in [1.82, 2.24) is 4.90 Å². The van der Waals surface area contributed by atoms with Crippen LogP contribution in [0.15, 0.2) is 11.0 Å². The molecular weight excluding hydrogens is 213 g/mol. The second kappa shape index (κ2) is 4.11. The van der Waals surface area contributed by atoms with Gasteiger partial charge in [0.2, 0.25) is 0 Å². The summed E-state index contributed by atoms with van der Waals surface area (Å²) >= 11 is 0. The maximum absolute atomic E-state index is 6.11. The zero-order chi connectivity index (χ0) is 12.8. The van der Waals surface area contributed by atoms with E-state index in [1.807, 2.05) is 0 Å². The molecule has 0 bridgehead atoms. The summed E-state index contributed by atoms with van der Waals surface area (Å²) < 4.78 is 12.2. The molecule has 4 heteroatoms. The molecule has 2 heterocycles. The average molecular weight is 237 g/mol. The molecule has 0 amide bonds. The van der Waals surface area contributed by atoms with E-state index in [2.05, 4.69) is 46.6 Å². The van der Waals surface area contributed by atoms with Gasteiger partial charge in [0.1, 0.15) is 0 Å². The third kappa shape index (κ3) is 2.31. The Hall–Kier alpha value is -0.315. The highest BCUT2D eigenvalue weighted by molar-refractivity contribution is 6.54. The zero-order valence-electron chi connectivity index (χ0n) is 12.0. The molecule has 1 fully saturated rings. The Balaban J connectivity index is 2.19. The molecule has 0 N–H and O–H groups in total. The predicted octanol–water partition coefficient (Wildman–Crippen LogP) is 2.27. The van der Waals surface area contributed by atoms with Gasteiger partial charge in [0.05, 0.1) is 11.2 Å². The van der Waals surface area contributed by atoms with Crippen LogP contribution in [0, 0.1) is 0 Å². The lowest BCUT2D eigenvalue weighted by atomic mass is 9.72. The third-order valence-electron chi connectivity index (χ3n) is 4.36. The van der Waals surface area contributed by atoms with Gasteiger partial charge >= 0.3 is 7.12 Å². The van der Waals surface area contributed by atoms with Gasteiger partial charge in [0, 0.05) is 13.1 Å². The van der Waals surface area contributed by atoms with Crippen molar-refractivity contribution in [3.05, 3.63) is 11.0 Å². The van der Waals surface area contributed by atoms with Gasteiger partial charge in [-0.2, -0.15) is 0 Å². The molecule has 0 radical (unpaired) electrons. The molecule has 2 aliphatic heterocycles. The van der Waals surface area contributed by atoms with Crippen molar-refractivity contribution in [2.45, 2.75) is 52.2 Å². The molecule has 0 aromatic heterocycles. The first-order valence-corrected chi connectivity index (χ1v) is 6.46. The van der Waals surface area contributed by atoms with Gasteiger partial charge in [-0.1, -0.05) is 5.57 Å². The third-order valence-corrected chi connectivity index (χ3v) is 4.36. The number of hydrogen-bond donors (Lipinski definition) is 0. The van der Waals surface area contributed by atoms with E-state index in [1.165, 1.54) is 11.0 Å². The van der Waals surface area contributed by atoms with Crippen LogP contribution in [-0.2, 0) is 9.31 Å². The lowest BCUT2D eigenvalue weighted by Crippen LogP contribution is -2.41. The average Bonchev–Trinajstić information content (AvgIpc) is 2.35. The lowest BCUT2D eigenvalue weighted by Gasteiger charge is -2.32. The van der Waals surface area contributed by atoms with Gasteiger partial charge in [-0.25, -0.2) is 0 Å². The highest BCUT2D eigenvalue weighted by Gasteiger charge is 2.52. The van der Waals surface area contributed by atoms with E-state index in [4.69, 9.17) is 9.31 Å². The van der Waals surface area contributed by atoms with E-state index < -0.39 is 0 Å². The van der Waals surface area contributed by atoms with Gasteiger partial charge in [0.25, 0.3) is 0 Å². The molecule has 0 aromatic rings. The van der Waals surface area contributed by atoms with Crippen LogP contribution in [0.2, 0.25) is 0 Å². The lowest BCUT2D eigenvalue weighted by molar-refractivity contribution is 0.00578. The van der Waals surface area contributed by atoms with Crippen LogP contribution >= 0.6 is 0 Å². The fourth-order valence-electron chi connectivity index (χ4n) is 2.41. The summed E-state index contributed by atoms with van der Waals surface area (Å²) in [4.78, 5) is 2.34. The minimum atomic E-state index is -0.228. The van der Waals surface area contributed by atoms with E-state index >= 15 is 0 Å². The highest BCUT2D eigenvalue weighted by atomic mass is 16.7. The molecule has 0 spiro atoms. The van der Waals surface area contributed by atoms with Crippen molar-refractivity contribution >= 4 is 7.12 Å². The Morgan fingerprint density at radius 3 is 2.12 bits per heavy atom.